The number of esters is 1. The van der Waals surface area contributed by atoms with Gasteiger partial charge in [0.05, 0.1) is 24.3 Å². The number of phenolic OH excluding ortho intramolecular Hbond substituents is 1. The first kappa shape index (κ1) is 46.5. The van der Waals surface area contributed by atoms with Crippen LogP contribution in [0, 0.1) is 17.8 Å². The number of hydrogen-bond acceptors (Lipinski definition) is 10. The highest BCUT2D eigenvalue weighted by atomic mass is 16.5. The summed E-state index contributed by atoms with van der Waals surface area (Å²) in [5.41, 5.74) is 10.5. The Balaban J connectivity index is 1.21. The van der Waals surface area contributed by atoms with E-state index in [2.05, 4.69) is 52.9 Å². The predicted molar refractivity (Wildman–Crippen MR) is 250 cm³/mol. The number of carbonyl (C=O) groups is 5. The molecule has 7 atom stereocenters. The number of cyclic esters (lactones) is 1. The maximum absolute atomic E-state index is 14.8. The summed E-state index contributed by atoms with van der Waals surface area (Å²) in [7, 11) is 3.31. The molecule has 3 N–H and O–H groups in total. The quantitative estimate of drug-likeness (QED) is 0.129. The van der Waals surface area contributed by atoms with Crippen molar-refractivity contribution in [2.24, 2.45) is 17.8 Å². The number of fused-ring (bicyclic) bond motifs is 8. The van der Waals surface area contributed by atoms with Crippen molar-refractivity contribution in [3.8, 4) is 28.1 Å². The van der Waals surface area contributed by atoms with Crippen molar-refractivity contribution < 1.29 is 38.6 Å². The third-order valence-corrected chi connectivity index (χ3v) is 14.1. The molecule has 6 bridgehead atoms. The van der Waals surface area contributed by atoms with Crippen LogP contribution in [0.1, 0.15) is 88.5 Å². The molecule has 0 saturated carbocycles. The van der Waals surface area contributed by atoms with Gasteiger partial charge in [-0.25, -0.2) is 5.43 Å². The number of likely N-dealkylation sites (N-methyl/N-ethyl adjacent to an activating group) is 1. The van der Waals surface area contributed by atoms with Crippen LogP contribution >= 0.6 is 0 Å². The number of hydrogen-bond donors (Lipinski definition) is 3. The third kappa shape index (κ3) is 8.70. The lowest BCUT2D eigenvalue weighted by Crippen LogP contribution is -2.62. The van der Waals surface area contributed by atoms with Crippen LogP contribution in [-0.2, 0) is 46.4 Å². The van der Waals surface area contributed by atoms with Crippen LogP contribution in [0.15, 0.2) is 67.5 Å². The molecule has 0 radical (unpaired) electrons. The van der Waals surface area contributed by atoms with Crippen molar-refractivity contribution in [1.82, 2.24) is 35.1 Å². The van der Waals surface area contributed by atoms with Gasteiger partial charge in [-0.15, -0.1) is 0 Å². The second-order valence-corrected chi connectivity index (χ2v) is 18.6. The maximum Gasteiger partial charge on any atom is 0.324 e. The Morgan fingerprint density at radius 1 is 1.09 bits per heavy atom. The number of rotatable bonds is 10. The second kappa shape index (κ2) is 19.4. The highest BCUT2D eigenvalue weighted by Gasteiger charge is 2.44. The van der Waals surface area contributed by atoms with Gasteiger partial charge < -0.3 is 34.3 Å². The Hall–Kier alpha value is -6.06. The Morgan fingerprint density at radius 3 is 2.62 bits per heavy atom. The van der Waals surface area contributed by atoms with Crippen molar-refractivity contribution >= 4 is 40.5 Å². The van der Waals surface area contributed by atoms with Crippen LogP contribution in [0.3, 0.4) is 0 Å². The van der Waals surface area contributed by atoms with Crippen molar-refractivity contribution in [1.29, 1.82) is 0 Å². The largest absolute Gasteiger partial charge is 0.508 e. The molecule has 4 amide bonds. The van der Waals surface area contributed by atoms with Crippen LogP contribution in [-0.4, -0.2) is 118 Å². The number of aromatic hydroxyl groups is 1. The number of amides is 4. The molecule has 4 aliphatic rings. The lowest BCUT2D eigenvalue weighted by molar-refractivity contribution is -0.155. The highest BCUT2D eigenvalue weighted by Crippen LogP contribution is 2.55. The predicted octanol–water partition coefficient (Wildman–Crippen LogP) is 5.89. The number of hydrazine groups is 1. The summed E-state index contributed by atoms with van der Waals surface area (Å²) in [6.45, 7) is 13.2. The first-order chi connectivity index (χ1) is 31.8. The van der Waals surface area contributed by atoms with E-state index in [4.69, 9.17) is 9.47 Å². The summed E-state index contributed by atoms with van der Waals surface area (Å²) in [4.78, 5) is 77.3. The molecule has 2 saturated heterocycles. The van der Waals surface area contributed by atoms with E-state index in [0.717, 1.165) is 57.3 Å². The summed E-state index contributed by atoms with van der Waals surface area (Å²) in [6.07, 6.45) is 7.56. The number of phenols is 1. The van der Waals surface area contributed by atoms with E-state index in [-0.39, 0.29) is 67.5 Å². The van der Waals surface area contributed by atoms with Crippen molar-refractivity contribution in [2.75, 3.05) is 40.4 Å². The first-order valence-electron chi connectivity index (χ1n) is 23.5. The van der Waals surface area contributed by atoms with E-state index in [1.165, 1.54) is 16.0 Å². The van der Waals surface area contributed by atoms with E-state index >= 15 is 0 Å². The van der Waals surface area contributed by atoms with E-state index in [1.54, 1.807) is 37.4 Å². The van der Waals surface area contributed by atoms with E-state index in [1.807, 2.05) is 38.2 Å². The lowest BCUT2D eigenvalue weighted by Gasteiger charge is -2.39. The molecule has 2 aromatic carbocycles. The third-order valence-electron chi connectivity index (χ3n) is 14.1. The van der Waals surface area contributed by atoms with E-state index < -0.39 is 41.8 Å². The van der Waals surface area contributed by atoms with Gasteiger partial charge in [0.25, 0.3) is 5.91 Å². The summed E-state index contributed by atoms with van der Waals surface area (Å²) in [5.74, 6) is -3.17. The minimum Gasteiger partial charge on any atom is -0.508 e. The molecule has 2 aromatic heterocycles. The SMILES string of the molecule is C=CC(=O)N1CC[C@H](C(=O)N(C)[C@H](C(=O)N[C@H]2Cc3cc(O)cc(c3)-c3ccc4c(c3)c3c(n4CC)-c4cnccc4[C@@H](OC)C3C(CCC)COC(=O)[C@@H]3CCCN(N3)C2=O)C(C)C)C1. The smallest absolute Gasteiger partial charge is 0.324 e. The van der Waals surface area contributed by atoms with Crippen molar-refractivity contribution in [2.45, 2.75) is 103 Å². The van der Waals surface area contributed by atoms with Crippen LogP contribution in [0.25, 0.3) is 33.3 Å². The number of carbonyl (C=O) groups excluding carboxylic acids is 5. The van der Waals surface area contributed by atoms with Gasteiger partial charge >= 0.3 is 5.97 Å². The molecule has 5 heterocycles. The molecular formula is C51H63N7O8. The summed E-state index contributed by atoms with van der Waals surface area (Å²) in [6, 6.07) is 10.6. The average Bonchev–Trinajstić information content (AvgIpc) is 3.94. The number of nitrogens with zero attached hydrogens (tertiary/aromatic N) is 5. The topological polar surface area (TPSA) is 176 Å². The second-order valence-electron chi connectivity index (χ2n) is 18.6. The molecular weight excluding hydrogens is 839 g/mol. The zero-order valence-corrected chi connectivity index (χ0v) is 38.9. The average molecular weight is 902 g/mol. The van der Waals surface area contributed by atoms with E-state index in [0.29, 0.717) is 37.9 Å². The molecule has 1 aliphatic carbocycles. The minimum atomic E-state index is -1.16. The molecule has 3 aliphatic heterocycles. The number of pyridine rings is 1. The number of nitrogens with one attached hydrogen (secondary N) is 2. The molecule has 2 fully saturated rings. The Labute approximate surface area is 386 Å². The standard InChI is InChI=1S/C51H63N7O8/c1-8-12-33-28-66-51(64)39-13-11-19-58(54-39)50(63)40(53-48(61)45(29(4)5)55(6)49(62)32-17-20-56(27-32)42(60)9-2)23-30-21-34(24-35(59)22-30)31-14-15-41-37(25-31)44-43(33)47(65-7)36-16-18-52-26-38(36)46(44)57(41)10-3/h9,14-16,18,21-22,24-26,29,32-33,39-40,43,45,47,54,59H,2,8,10-13,17,19-20,23,27-28H2,1,3-7H3,(H,53,61)/t32-,33?,39-,40-,43?,45-,47+/m0/s1. The van der Waals surface area contributed by atoms with Crippen LogP contribution in [0.4, 0.5) is 0 Å². The van der Waals surface area contributed by atoms with Crippen molar-refractivity contribution in [3.63, 3.8) is 0 Å². The number of ether oxygens (including phenoxy) is 2. The van der Waals surface area contributed by atoms with Crippen LogP contribution in [0.5, 0.6) is 5.75 Å². The highest BCUT2D eigenvalue weighted by molar-refractivity contribution is 5.97. The fraction of sp³-hybridized carbons (Fsp3) is 0.490. The minimum absolute atomic E-state index is 0.00661. The normalized spacial score (nSPS) is 23.5. The van der Waals surface area contributed by atoms with Crippen molar-refractivity contribution in [3.05, 3.63) is 84.2 Å². The van der Waals surface area contributed by atoms with Gasteiger partial charge in [-0.2, -0.15) is 0 Å². The Morgan fingerprint density at radius 2 is 1.89 bits per heavy atom. The van der Waals surface area contributed by atoms with Crippen LogP contribution < -0.4 is 10.7 Å². The van der Waals surface area contributed by atoms with E-state index in [9.17, 15) is 29.1 Å². The Kier molecular flexibility index (Phi) is 13.7. The monoisotopic (exact) mass is 901 g/mol. The zero-order valence-electron chi connectivity index (χ0n) is 38.9. The van der Waals surface area contributed by atoms with Gasteiger partial charge in [0.1, 0.15) is 23.9 Å². The van der Waals surface area contributed by atoms with Crippen LogP contribution in [0.2, 0.25) is 0 Å². The fourth-order valence-corrected chi connectivity index (χ4v) is 11.1. The number of methoxy groups -OCH3 is 1. The summed E-state index contributed by atoms with van der Waals surface area (Å²) < 4.78 is 15.0. The number of benzene rings is 2. The van der Waals surface area contributed by atoms with Gasteiger partial charge in [0.15, 0.2) is 0 Å². The fourth-order valence-electron chi connectivity index (χ4n) is 11.1. The summed E-state index contributed by atoms with van der Waals surface area (Å²) >= 11 is 0. The first-order valence-corrected chi connectivity index (χ1v) is 23.5. The Bertz CT molecular complexity index is 2540. The molecule has 4 aromatic rings. The molecule has 0 spiro atoms. The molecule has 350 valence electrons. The zero-order chi connectivity index (χ0) is 47.0. The molecule has 15 heteroatoms. The number of aryl methyl sites for hydroxylation is 1. The molecule has 8 rings (SSSR count). The molecule has 15 nitrogen and oxygen atoms in total. The lowest BCUT2D eigenvalue weighted by atomic mass is 9.71. The maximum atomic E-state index is 14.8. The van der Waals surface area contributed by atoms with Gasteiger partial charge in [-0.1, -0.05) is 45.9 Å². The van der Waals surface area contributed by atoms with Gasteiger partial charge in [0, 0.05) is 87.5 Å². The van der Waals surface area contributed by atoms with Gasteiger partial charge in [0.2, 0.25) is 17.7 Å². The molecule has 2 unspecified atom stereocenters. The summed E-state index contributed by atoms with van der Waals surface area (Å²) in [5, 5.41) is 16.8. The van der Waals surface area contributed by atoms with Gasteiger partial charge in [-0.3, -0.25) is 34.0 Å². The number of likely N-dealkylation sites (tertiary alicyclic amines) is 1. The number of aromatic nitrogens is 2. The molecule has 66 heavy (non-hydrogen) atoms. The van der Waals surface area contributed by atoms with Gasteiger partial charge in [-0.05, 0) is 103 Å².